The van der Waals surface area contributed by atoms with Gasteiger partial charge in [0, 0.05) is 25.1 Å². The molecule has 3 aliphatic rings. The molecule has 6 nitrogen and oxygen atoms in total. The minimum atomic E-state index is -0.156. The van der Waals surface area contributed by atoms with E-state index in [0.717, 1.165) is 68.1 Å². The number of benzene rings is 1. The van der Waals surface area contributed by atoms with Gasteiger partial charge in [0.2, 0.25) is 0 Å². The second-order valence-electron chi connectivity index (χ2n) is 8.51. The first kappa shape index (κ1) is 19.1. The summed E-state index contributed by atoms with van der Waals surface area (Å²) in [6.07, 6.45) is 6.29. The van der Waals surface area contributed by atoms with Crippen molar-refractivity contribution in [2.75, 3.05) is 31.2 Å². The highest BCUT2D eigenvalue weighted by atomic mass is 35.5. The molecule has 2 aromatic rings. The summed E-state index contributed by atoms with van der Waals surface area (Å²) in [4.78, 5) is 11.6. The Morgan fingerprint density at radius 3 is 2.86 bits per heavy atom. The first-order chi connectivity index (χ1) is 14.1. The zero-order valence-electron chi connectivity index (χ0n) is 16.7. The lowest BCUT2D eigenvalue weighted by atomic mass is 9.77. The Labute approximate surface area is 175 Å². The summed E-state index contributed by atoms with van der Waals surface area (Å²) in [6, 6.07) is 4.00. The van der Waals surface area contributed by atoms with E-state index in [4.69, 9.17) is 26.1 Å². The van der Waals surface area contributed by atoms with Crippen LogP contribution in [0.2, 0.25) is 5.02 Å². The SMILES string of the molecule is C[C@H]1CC2(CCN(c3ncc(-c4ccc5c(c4Cl)OCC5)nc3CO)CC2)CO1. The maximum Gasteiger partial charge on any atom is 0.152 e. The number of anilines is 1. The molecular weight excluding hydrogens is 390 g/mol. The van der Waals surface area contributed by atoms with Crippen LogP contribution >= 0.6 is 11.6 Å². The van der Waals surface area contributed by atoms with Crippen LogP contribution in [0.15, 0.2) is 18.3 Å². The standard InChI is InChI=1S/C22H26ClN3O3/c1-14-10-22(13-29-14)5-7-26(8-6-22)21-18(12-27)25-17(11-24-21)16-3-2-15-4-9-28-20(15)19(16)23/h2-3,11,14,27H,4-10,12-13H2,1H3/t14-/m0/s1. The van der Waals surface area contributed by atoms with Crippen LogP contribution in [0.25, 0.3) is 11.3 Å². The summed E-state index contributed by atoms with van der Waals surface area (Å²) in [6.45, 7) is 5.33. The van der Waals surface area contributed by atoms with Crippen molar-refractivity contribution < 1.29 is 14.6 Å². The number of nitrogens with zero attached hydrogens (tertiary/aromatic N) is 3. The molecule has 0 radical (unpaired) electrons. The molecule has 4 heterocycles. The number of hydrogen-bond donors (Lipinski definition) is 1. The van der Waals surface area contributed by atoms with Crippen LogP contribution in [0, 0.1) is 5.41 Å². The van der Waals surface area contributed by atoms with Gasteiger partial charge in [-0.15, -0.1) is 0 Å². The second-order valence-corrected chi connectivity index (χ2v) is 8.89. The molecule has 0 aliphatic carbocycles. The minimum Gasteiger partial charge on any atom is -0.491 e. The number of aliphatic hydroxyl groups is 1. The Morgan fingerprint density at radius 2 is 2.14 bits per heavy atom. The van der Waals surface area contributed by atoms with E-state index in [1.807, 2.05) is 12.1 Å². The molecule has 0 saturated carbocycles. The van der Waals surface area contributed by atoms with E-state index in [0.29, 0.717) is 34.5 Å². The summed E-state index contributed by atoms with van der Waals surface area (Å²) in [7, 11) is 0. The number of ether oxygens (including phenoxy) is 2. The maximum absolute atomic E-state index is 9.98. The molecule has 2 saturated heterocycles. The molecule has 29 heavy (non-hydrogen) atoms. The first-order valence-corrected chi connectivity index (χ1v) is 10.7. The largest absolute Gasteiger partial charge is 0.491 e. The number of aromatic nitrogens is 2. The van der Waals surface area contributed by atoms with Crippen LogP contribution < -0.4 is 9.64 Å². The second kappa shape index (κ2) is 7.42. The van der Waals surface area contributed by atoms with E-state index < -0.39 is 0 Å². The molecule has 0 amide bonds. The molecule has 5 rings (SSSR count). The van der Waals surface area contributed by atoms with E-state index in [-0.39, 0.29) is 6.61 Å². The molecule has 1 spiro atoms. The highest BCUT2D eigenvalue weighted by Gasteiger charge is 2.41. The molecule has 1 aromatic carbocycles. The highest BCUT2D eigenvalue weighted by molar-refractivity contribution is 6.35. The zero-order valence-corrected chi connectivity index (χ0v) is 17.4. The predicted molar refractivity (Wildman–Crippen MR) is 112 cm³/mol. The number of hydrogen-bond acceptors (Lipinski definition) is 6. The number of fused-ring (bicyclic) bond motifs is 1. The Bertz CT molecular complexity index is 928. The number of aliphatic hydroxyl groups excluding tert-OH is 1. The first-order valence-electron chi connectivity index (χ1n) is 10.4. The Morgan fingerprint density at radius 1 is 1.31 bits per heavy atom. The molecule has 1 N–H and O–H groups in total. The summed E-state index contributed by atoms with van der Waals surface area (Å²) in [5.41, 5.74) is 3.47. The van der Waals surface area contributed by atoms with E-state index >= 15 is 0 Å². The van der Waals surface area contributed by atoms with Gasteiger partial charge >= 0.3 is 0 Å². The third kappa shape index (κ3) is 3.37. The van der Waals surface area contributed by atoms with Gasteiger partial charge in [0.25, 0.3) is 0 Å². The molecule has 154 valence electrons. The summed E-state index contributed by atoms with van der Waals surface area (Å²) < 4.78 is 11.5. The van der Waals surface area contributed by atoms with Gasteiger partial charge in [-0.25, -0.2) is 9.97 Å². The van der Waals surface area contributed by atoms with Crippen LogP contribution in [0.1, 0.15) is 37.4 Å². The molecule has 0 unspecified atom stereocenters. The lowest BCUT2D eigenvalue weighted by Gasteiger charge is -2.39. The molecule has 1 atom stereocenters. The molecule has 7 heteroatoms. The minimum absolute atomic E-state index is 0.156. The van der Waals surface area contributed by atoms with Gasteiger partial charge in [-0.2, -0.15) is 0 Å². The number of piperidine rings is 1. The van der Waals surface area contributed by atoms with Crippen molar-refractivity contribution in [3.63, 3.8) is 0 Å². The van der Waals surface area contributed by atoms with Crippen molar-refractivity contribution in [2.24, 2.45) is 5.41 Å². The Hall–Kier alpha value is -1.89. The van der Waals surface area contributed by atoms with E-state index in [1.165, 1.54) is 0 Å². The fraction of sp³-hybridized carbons (Fsp3) is 0.545. The third-order valence-electron chi connectivity index (χ3n) is 6.56. The van der Waals surface area contributed by atoms with E-state index in [1.54, 1.807) is 6.20 Å². The van der Waals surface area contributed by atoms with Crippen molar-refractivity contribution >= 4 is 17.4 Å². The monoisotopic (exact) mass is 415 g/mol. The zero-order chi connectivity index (χ0) is 20.0. The highest BCUT2D eigenvalue weighted by Crippen LogP contribution is 2.43. The topological polar surface area (TPSA) is 67.7 Å². The quantitative estimate of drug-likeness (QED) is 0.825. The molecular formula is C22H26ClN3O3. The Balaban J connectivity index is 1.39. The maximum atomic E-state index is 9.98. The van der Waals surface area contributed by atoms with E-state index in [9.17, 15) is 5.11 Å². The lowest BCUT2D eigenvalue weighted by Crippen LogP contribution is -2.41. The molecule has 1 aromatic heterocycles. The van der Waals surface area contributed by atoms with E-state index in [2.05, 4.69) is 16.8 Å². The van der Waals surface area contributed by atoms with Crippen LogP contribution in [-0.2, 0) is 17.8 Å². The van der Waals surface area contributed by atoms with Crippen molar-refractivity contribution in [2.45, 2.75) is 45.3 Å². The van der Waals surface area contributed by atoms with Gasteiger partial charge in [-0.05, 0) is 37.2 Å². The molecule has 0 bridgehead atoms. The normalized spacial score (nSPS) is 22.7. The van der Waals surface area contributed by atoms with Gasteiger partial charge < -0.3 is 19.5 Å². The van der Waals surface area contributed by atoms with Crippen LogP contribution in [-0.4, -0.2) is 47.5 Å². The fourth-order valence-electron chi connectivity index (χ4n) is 4.92. The molecule has 2 fully saturated rings. The van der Waals surface area contributed by atoms with Crippen molar-refractivity contribution in [3.8, 4) is 17.0 Å². The third-order valence-corrected chi connectivity index (χ3v) is 6.94. The summed E-state index contributed by atoms with van der Waals surface area (Å²) >= 11 is 6.58. The van der Waals surface area contributed by atoms with Crippen molar-refractivity contribution in [1.82, 2.24) is 9.97 Å². The number of halogens is 1. The van der Waals surface area contributed by atoms with Gasteiger partial charge in [0.1, 0.15) is 11.4 Å². The van der Waals surface area contributed by atoms with Gasteiger partial charge in [-0.3, -0.25) is 0 Å². The fourth-order valence-corrected chi connectivity index (χ4v) is 5.25. The van der Waals surface area contributed by atoms with Crippen LogP contribution in [0.5, 0.6) is 5.75 Å². The van der Waals surface area contributed by atoms with Gasteiger partial charge in [0.15, 0.2) is 5.82 Å². The predicted octanol–water partition coefficient (Wildman–Crippen LogP) is 3.62. The van der Waals surface area contributed by atoms with Crippen molar-refractivity contribution in [1.29, 1.82) is 0 Å². The van der Waals surface area contributed by atoms with Crippen LogP contribution in [0.4, 0.5) is 5.82 Å². The lowest BCUT2D eigenvalue weighted by molar-refractivity contribution is 0.0975. The average molecular weight is 416 g/mol. The summed E-state index contributed by atoms with van der Waals surface area (Å²) in [5, 5.41) is 10.5. The molecule has 3 aliphatic heterocycles. The van der Waals surface area contributed by atoms with Gasteiger partial charge in [-0.1, -0.05) is 23.7 Å². The number of rotatable bonds is 3. The van der Waals surface area contributed by atoms with Crippen molar-refractivity contribution in [3.05, 3.63) is 34.6 Å². The average Bonchev–Trinajstić information content (AvgIpc) is 3.36. The smallest absolute Gasteiger partial charge is 0.152 e. The Kier molecular flexibility index (Phi) is 4.88. The summed E-state index contributed by atoms with van der Waals surface area (Å²) in [5.74, 6) is 1.52. The van der Waals surface area contributed by atoms with Gasteiger partial charge in [0.05, 0.1) is 42.8 Å². The van der Waals surface area contributed by atoms with Crippen LogP contribution in [0.3, 0.4) is 0 Å².